The molecule has 0 saturated heterocycles. The number of hydrogen-bond donors (Lipinski definition) is 2. The zero-order valence-electron chi connectivity index (χ0n) is 7.63. The van der Waals surface area contributed by atoms with Crippen LogP contribution in [0.3, 0.4) is 0 Å². The number of nitrogens with one attached hydrogen (secondary N) is 1. The second-order valence-electron chi connectivity index (χ2n) is 2.84. The van der Waals surface area contributed by atoms with Gasteiger partial charge in [-0.05, 0) is 13.1 Å². The fraction of sp³-hybridized carbons (Fsp3) is 0.286. The van der Waals surface area contributed by atoms with E-state index in [1.165, 1.54) is 0 Å². The second-order valence-corrected chi connectivity index (χ2v) is 6.20. The summed E-state index contributed by atoms with van der Waals surface area (Å²) >= 11 is 0. The number of nitrogens with zero attached hydrogens (tertiary/aromatic N) is 1. The van der Waals surface area contributed by atoms with Gasteiger partial charge in [0.25, 0.3) is 8.48 Å². The van der Waals surface area contributed by atoms with Gasteiger partial charge < -0.3 is 14.8 Å². The zero-order valence-corrected chi connectivity index (χ0v) is 8.63. The van der Waals surface area contributed by atoms with Gasteiger partial charge in [0.05, 0.1) is 0 Å². The molecule has 0 aliphatic carbocycles. The molecule has 1 heterocycles. The third-order valence-corrected chi connectivity index (χ3v) is 1.91. The Bertz CT molecular complexity index is 225. The maximum atomic E-state index is 9.44. The molecule has 0 amide bonds. The van der Waals surface area contributed by atoms with Crippen LogP contribution >= 0.6 is 0 Å². The van der Waals surface area contributed by atoms with Crippen molar-refractivity contribution in [3.63, 3.8) is 0 Å². The van der Waals surface area contributed by atoms with Gasteiger partial charge >= 0.3 is 18.9 Å². The largest absolute Gasteiger partial charge is 1.00 e. The van der Waals surface area contributed by atoms with E-state index in [0.717, 1.165) is 0 Å². The number of rotatable bonds is 2. The molecule has 0 aliphatic rings. The van der Waals surface area contributed by atoms with Gasteiger partial charge in [-0.2, -0.15) is 12.1 Å². The molecule has 60 valence electrons. The van der Waals surface area contributed by atoms with Crippen molar-refractivity contribution in [3.8, 4) is 0 Å². The molecule has 1 rings (SSSR count). The van der Waals surface area contributed by atoms with Gasteiger partial charge in [-0.15, -0.1) is 6.07 Å². The minimum absolute atomic E-state index is 0. The summed E-state index contributed by atoms with van der Waals surface area (Å²) in [5.41, 5.74) is 0. The van der Waals surface area contributed by atoms with Crippen molar-refractivity contribution >= 4 is 14.3 Å². The summed E-state index contributed by atoms with van der Waals surface area (Å²) in [5.74, 6) is 0.687. The molecule has 0 spiro atoms. The average Bonchev–Trinajstić information content (AvgIpc) is 1.85. The van der Waals surface area contributed by atoms with Crippen molar-refractivity contribution < 1.29 is 23.7 Å². The number of anilines is 1. The first kappa shape index (κ1) is 11.7. The molecule has 0 aliphatic heterocycles. The van der Waals surface area contributed by atoms with Crippen molar-refractivity contribution in [2.45, 2.75) is 13.1 Å². The smallest absolute Gasteiger partial charge is 0.429 e. The maximum Gasteiger partial charge on any atom is 1.00 e. The fourth-order valence-electron chi connectivity index (χ4n) is 0.709. The number of pyridine rings is 1. The van der Waals surface area contributed by atoms with Crippen LogP contribution < -0.4 is 23.8 Å². The molecule has 3 nitrogen and oxygen atoms in total. The standard InChI is InChI=1S/C7H11N2OSi.Li/c1-11(2,10)9-7-5-3-4-6-8-7;/h3-5,10H,1-2H3,(H,8,9);/q-1;+1. The topological polar surface area (TPSA) is 45.1 Å². The van der Waals surface area contributed by atoms with Crippen LogP contribution in [-0.2, 0) is 0 Å². The summed E-state index contributed by atoms with van der Waals surface area (Å²) in [6.07, 6.45) is 2.68. The monoisotopic (exact) mass is 174 g/mol. The summed E-state index contributed by atoms with van der Waals surface area (Å²) in [5, 5.41) is 0. The molecule has 0 bridgehead atoms. The summed E-state index contributed by atoms with van der Waals surface area (Å²) in [6, 6.07) is 5.36. The molecule has 0 aromatic carbocycles. The third kappa shape index (κ3) is 4.57. The molecular formula is C7H11LiN2OSi. The van der Waals surface area contributed by atoms with E-state index in [4.69, 9.17) is 0 Å². The van der Waals surface area contributed by atoms with Crippen molar-refractivity contribution in [2.24, 2.45) is 0 Å². The van der Waals surface area contributed by atoms with Gasteiger partial charge in [-0.1, -0.05) is 6.20 Å². The minimum atomic E-state index is -2.23. The van der Waals surface area contributed by atoms with E-state index in [1.54, 1.807) is 19.2 Å². The summed E-state index contributed by atoms with van der Waals surface area (Å²) in [4.78, 5) is 16.3. The summed E-state index contributed by atoms with van der Waals surface area (Å²) in [6.45, 7) is 3.59. The Morgan fingerprint density at radius 3 is 2.67 bits per heavy atom. The number of hydrogen-bond acceptors (Lipinski definition) is 3. The average molecular weight is 174 g/mol. The van der Waals surface area contributed by atoms with E-state index in [0.29, 0.717) is 5.82 Å². The van der Waals surface area contributed by atoms with Gasteiger partial charge in [0.1, 0.15) is 0 Å². The Labute approximate surface area is 85.6 Å². The molecule has 0 fully saturated rings. The van der Waals surface area contributed by atoms with Crippen LogP contribution in [0.4, 0.5) is 5.82 Å². The quantitative estimate of drug-likeness (QED) is 0.402. The predicted octanol–water partition coefficient (Wildman–Crippen LogP) is -2.01. The first-order valence-electron chi connectivity index (χ1n) is 3.41. The predicted molar refractivity (Wildman–Crippen MR) is 46.4 cm³/mol. The van der Waals surface area contributed by atoms with E-state index in [2.05, 4.69) is 16.2 Å². The Balaban J connectivity index is 0.00000121. The van der Waals surface area contributed by atoms with Gasteiger partial charge in [0.15, 0.2) is 0 Å². The Kier molecular flexibility index (Phi) is 4.57. The van der Waals surface area contributed by atoms with Crippen molar-refractivity contribution in [1.29, 1.82) is 0 Å². The summed E-state index contributed by atoms with van der Waals surface area (Å²) < 4.78 is 0. The van der Waals surface area contributed by atoms with Crippen LogP contribution in [0.1, 0.15) is 0 Å². The van der Waals surface area contributed by atoms with Crippen LogP contribution in [0.2, 0.25) is 13.1 Å². The molecule has 5 heteroatoms. The van der Waals surface area contributed by atoms with Gasteiger partial charge in [0, 0.05) is 5.82 Å². The molecule has 0 radical (unpaired) electrons. The molecule has 1 aromatic heterocycles. The molecule has 2 N–H and O–H groups in total. The molecule has 0 atom stereocenters. The second kappa shape index (κ2) is 4.68. The van der Waals surface area contributed by atoms with Crippen molar-refractivity contribution in [3.05, 3.63) is 24.4 Å². The molecule has 1 aromatic rings. The molecule has 0 saturated carbocycles. The number of aromatic nitrogens is 1. The Morgan fingerprint density at radius 1 is 1.58 bits per heavy atom. The zero-order chi connectivity index (χ0) is 8.32. The first-order chi connectivity index (χ1) is 5.08. The SMILES string of the molecule is C[Si](C)(O)Nc1ccc[c-]n1.[Li+]. The molecular weight excluding hydrogens is 163 g/mol. The van der Waals surface area contributed by atoms with Crippen LogP contribution in [0.5, 0.6) is 0 Å². The normalized spacial score (nSPS) is 10.2. The van der Waals surface area contributed by atoms with E-state index < -0.39 is 8.48 Å². The van der Waals surface area contributed by atoms with Gasteiger partial charge in [-0.25, -0.2) is 0 Å². The van der Waals surface area contributed by atoms with Crippen molar-refractivity contribution in [2.75, 3.05) is 4.98 Å². The van der Waals surface area contributed by atoms with Crippen LogP contribution in [0, 0.1) is 6.20 Å². The van der Waals surface area contributed by atoms with Crippen molar-refractivity contribution in [1.82, 2.24) is 4.98 Å². The van der Waals surface area contributed by atoms with E-state index in [9.17, 15) is 4.80 Å². The Hall–Kier alpha value is -0.276. The molecule has 12 heavy (non-hydrogen) atoms. The third-order valence-electron chi connectivity index (χ3n) is 1.04. The fourth-order valence-corrected chi connectivity index (χ4v) is 1.48. The minimum Gasteiger partial charge on any atom is -0.429 e. The maximum absolute atomic E-state index is 9.44. The van der Waals surface area contributed by atoms with Crippen LogP contribution in [0.25, 0.3) is 0 Å². The van der Waals surface area contributed by atoms with Gasteiger partial charge in [0.2, 0.25) is 0 Å². The molecule has 0 unspecified atom stereocenters. The van der Waals surface area contributed by atoms with Gasteiger partial charge in [-0.3, -0.25) is 0 Å². The summed E-state index contributed by atoms with van der Waals surface area (Å²) in [7, 11) is -2.23. The van der Waals surface area contributed by atoms with Crippen LogP contribution in [-0.4, -0.2) is 18.3 Å². The van der Waals surface area contributed by atoms with E-state index >= 15 is 0 Å². The Morgan fingerprint density at radius 2 is 2.25 bits per heavy atom. The van der Waals surface area contributed by atoms with E-state index in [-0.39, 0.29) is 18.9 Å². The van der Waals surface area contributed by atoms with E-state index in [1.807, 2.05) is 12.1 Å². The first-order valence-corrected chi connectivity index (χ1v) is 6.36. The van der Waals surface area contributed by atoms with Crippen LogP contribution in [0.15, 0.2) is 18.2 Å².